The summed E-state index contributed by atoms with van der Waals surface area (Å²) in [4.78, 5) is 11.7. The average Bonchev–Trinajstić information content (AvgIpc) is 2.28. The van der Waals surface area contributed by atoms with Crippen molar-refractivity contribution >= 4 is 23.4 Å². The normalized spacial score (nSPS) is 12.7. The first kappa shape index (κ1) is 15.5. The van der Waals surface area contributed by atoms with E-state index in [1.54, 1.807) is 39.0 Å². The summed E-state index contributed by atoms with van der Waals surface area (Å²) in [5.74, 6) is 0. The molecule has 1 unspecified atom stereocenters. The maximum atomic E-state index is 11.7. The summed E-state index contributed by atoms with van der Waals surface area (Å²) >= 11 is 5.87. The highest BCUT2D eigenvalue weighted by Gasteiger charge is 2.18. The third-order valence-electron chi connectivity index (χ3n) is 2.19. The Hall–Kier alpha value is -1.52. The minimum Gasteiger partial charge on any atom is -0.444 e. The van der Waals surface area contributed by atoms with Gasteiger partial charge in [0, 0.05) is 10.6 Å². The van der Waals surface area contributed by atoms with Gasteiger partial charge in [0.2, 0.25) is 0 Å². The zero-order valence-corrected chi connectivity index (χ0v) is 12.0. The van der Waals surface area contributed by atoms with Crippen LogP contribution >= 0.6 is 11.6 Å². The molecule has 2 N–H and O–H groups in total. The van der Waals surface area contributed by atoms with E-state index in [1.807, 2.05) is 0 Å². The van der Waals surface area contributed by atoms with Crippen LogP contribution in [0.4, 0.5) is 10.5 Å². The van der Waals surface area contributed by atoms with Gasteiger partial charge >= 0.3 is 6.09 Å². The zero-order chi connectivity index (χ0) is 14.6. The SMILES string of the molecule is C=CC(O)c1cc(Cl)ccc1NC(=O)OC(C)(C)C. The maximum absolute atomic E-state index is 11.7. The van der Waals surface area contributed by atoms with Gasteiger partial charge in [0.15, 0.2) is 0 Å². The highest BCUT2D eigenvalue weighted by atomic mass is 35.5. The molecule has 0 heterocycles. The molecule has 104 valence electrons. The van der Waals surface area contributed by atoms with Gasteiger partial charge in [-0.15, -0.1) is 6.58 Å². The molecule has 0 saturated carbocycles. The number of ether oxygens (including phenoxy) is 1. The molecule has 1 aromatic carbocycles. The number of carbonyl (C=O) groups is 1. The topological polar surface area (TPSA) is 58.6 Å². The van der Waals surface area contributed by atoms with Crippen molar-refractivity contribution in [2.45, 2.75) is 32.5 Å². The van der Waals surface area contributed by atoms with E-state index in [0.717, 1.165) is 0 Å². The molecule has 1 aromatic rings. The van der Waals surface area contributed by atoms with Gasteiger partial charge in [0.05, 0.1) is 11.8 Å². The van der Waals surface area contributed by atoms with Crippen molar-refractivity contribution in [2.24, 2.45) is 0 Å². The fraction of sp³-hybridized carbons (Fsp3) is 0.357. The van der Waals surface area contributed by atoms with Crippen LogP contribution in [-0.2, 0) is 4.74 Å². The van der Waals surface area contributed by atoms with Crippen LogP contribution in [0.1, 0.15) is 32.4 Å². The predicted octanol–water partition coefficient (Wildman–Crippen LogP) is 3.91. The lowest BCUT2D eigenvalue weighted by Crippen LogP contribution is -2.27. The number of benzene rings is 1. The van der Waals surface area contributed by atoms with Crippen LogP contribution in [0.25, 0.3) is 0 Å². The molecule has 0 radical (unpaired) electrons. The van der Waals surface area contributed by atoms with Crippen LogP contribution in [0, 0.1) is 0 Å². The number of rotatable bonds is 3. The van der Waals surface area contributed by atoms with Gasteiger partial charge in [0.25, 0.3) is 0 Å². The molecular weight excluding hydrogens is 266 g/mol. The number of amides is 1. The Bertz CT molecular complexity index is 480. The molecule has 0 fully saturated rings. The van der Waals surface area contributed by atoms with Gasteiger partial charge in [0.1, 0.15) is 5.60 Å². The Morgan fingerprint density at radius 2 is 2.16 bits per heavy atom. The average molecular weight is 284 g/mol. The van der Waals surface area contributed by atoms with Crippen LogP contribution in [-0.4, -0.2) is 16.8 Å². The van der Waals surface area contributed by atoms with Gasteiger partial charge in [-0.3, -0.25) is 5.32 Å². The number of hydrogen-bond acceptors (Lipinski definition) is 3. The standard InChI is InChI=1S/C14H18ClNO3/c1-5-12(17)10-8-9(15)6-7-11(10)16-13(18)19-14(2,3)4/h5-8,12,17H,1H2,2-4H3,(H,16,18). The van der Waals surface area contributed by atoms with Crippen LogP contribution in [0.5, 0.6) is 0 Å². The third-order valence-corrected chi connectivity index (χ3v) is 2.43. The van der Waals surface area contributed by atoms with E-state index in [0.29, 0.717) is 16.3 Å². The molecule has 5 heteroatoms. The van der Waals surface area contributed by atoms with Crippen LogP contribution in [0.15, 0.2) is 30.9 Å². The van der Waals surface area contributed by atoms with Gasteiger partial charge in [-0.25, -0.2) is 4.79 Å². The molecule has 19 heavy (non-hydrogen) atoms. The largest absolute Gasteiger partial charge is 0.444 e. The molecule has 1 rings (SSSR count). The number of anilines is 1. The Morgan fingerprint density at radius 3 is 2.68 bits per heavy atom. The fourth-order valence-corrected chi connectivity index (χ4v) is 1.61. The molecule has 0 saturated heterocycles. The second-order valence-corrected chi connectivity index (χ2v) is 5.48. The summed E-state index contributed by atoms with van der Waals surface area (Å²) in [6.45, 7) is 8.82. The lowest BCUT2D eigenvalue weighted by Gasteiger charge is -2.21. The lowest BCUT2D eigenvalue weighted by molar-refractivity contribution is 0.0635. The van der Waals surface area contributed by atoms with Gasteiger partial charge in [-0.1, -0.05) is 17.7 Å². The zero-order valence-electron chi connectivity index (χ0n) is 11.2. The van der Waals surface area contributed by atoms with E-state index in [1.165, 1.54) is 6.08 Å². The van der Waals surface area contributed by atoms with E-state index in [-0.39, 0.29) is 0 Å². The molecular formula is C14H18ClNO3. The summed E-state index contributed by atoms with van der Waals surface area (Å²) in [5, 5.41) is 12.9. The second kappa shape index (κ2) is 6.08. The third kappa shape index (κ3) is 4.93. The first-order valence-electron chi connectivity index (χ1n) is 5.83. The van der Waals surface area contributed by atoms with Crippen molar-refractivity contribution in [3.8, 4) is 0 Å². The molecule has 0 aliphatic heterocycles. The summed E-state index contributed by atoms with van der Waals surface area (Å²) in [6.07, 6.45) is -0.151. The summed E-state index contributed by atoms with van der Waals surface area (Å²) in [5.41, 5.74) is 0.313. The molecule has 0 aromatic heterocycles. The Morgan fingerprint density at radius 1 is 1.53 bits per heavy atom. The molecule has 0 spiro atoms. The van der Waals surface area contributed by atoms with E-state index < -0.39 is 17.8 Å². The number of aliphatic hydroxyl groups excluding tert-OH is 1. The van der Waals surface area contributed by atoms with Gasteiger partial charge < -0.3 is 9.84 Å². The Balaban J connectivity index is 2.95. The van der Waals surface area contributed by atoms with Crippen LogP contribution < -0.4 is 5.32 Å². The molecule has 0 aliphatic rings. The quantitative estimate of drug-likeness (QED) is 0.827. The van der Waals surface area contributed by atoms with Crippen molar-refractivity contribution < 1.29 is 14.6 Å². The molecule has 4 nitrogen and oxygen atoms in total. The minimum atomic E-state index is -0.913. The summed E-state index contributed by atoms with van der Waals surface area (Å²) in [6, 6.07) is 4.79. The number of aliphatic hydroxyl groups is 1. The Labute approximate surface area is 118 Å². The first-order chi connectivity index (χ1) is 8.73. The lowest BCUT2D eigenvalue weighted by atomic mass is 10.1. The monoisotopic (exact) mass is 283 g/mol. The van der Waals surface area contributed by atoms with E-state index in [9.17, 15) is 9.90 Å². The van der Waals surface area contributed by atoms with Crippen molar-refractivity contribution in [3.05, 3.63) is 41.4 Å². The van der Waals surface area contributed by atoms with Crippen molar-refractivity contribution in [1.29, 1.82) is 0 Å². The van der Waals surface area contributed by atoms with Crippen molar-refractivity contribution in [3.63, 3.8) is 0 Å². The molecule has 0 bridgehead atoms. The second-order valence-electron chi connectivity index (χ2n) is 5.04. The molecule has 0 aliphatic carbocycles. The number of nitrogens with one attached hydrogen (secondary N) is 1. The first-order valence-corrected chi connectivity index (χ1v) is 6.21. The maximum Gasteiger partial charge on any atom is 0.412 e. The minimum absolute atomic E-state index is 0.436. The van der Waals surface area contributed by atoms with Gasteiger partial charge in [-0.2, -0.15) is 0 Å². The number of hydrogen-bond donors (Lipinski definition) is 2. The van der Waals surface area contributed by atoms with Gasteiger partial charge in [-0.05, 0) is 39.0 Å². The van der Waals surface area contributed by atoms with E-state index in [4.69, 9.17) is 16.3 Å². The number of halogens is 1. The Kier molecular flexibility index (Phi) is 4.97. The fourth-order valence-electron chi connectivity index (χ4n) is 1.43. The highest BCUT2D eigenvalue weighted by Crippen LogP contribution is 2.27. The van der Waals surface area contributed by atoms with E-state index in [2.05, 4.69) is 11.9 Å². The van der Waals surface area contributed by atoms with Crippen molar-refractivity contribution in [1.82, 2.24) is 0 Å². The molecule has 1 amide bonds. The summed E-state index contributed by atoms with van der Waals surface area (Å²) in [7, 11) is 0. The van der Waals surface area contributed by atoms with Crippen LogP contribution in [0.3, 0.4) is 0 Å². The molecule has 1 atom stereocenters. The predicted molar refractivity (Wildman–Crippen MR) is 76.5 cm³/mol. The van der Waals surface area contributed by atoms with E-state index >= 15 is 0 Å². The number of carbonyl (C=O) groups excluding carboxylic acids is 1. The summed E-state index contributed by atoms with van der Waals surface area (Å²) < 4.78 is 5.15. The van der Waals surface area contributed by atoms with Crippen LogP contribution in [0.2, 0.25) is 5.02 Å². The van der Waals surface area contributed by atoms with Crippen molar-refractivity contribution in [2.75, 3.05) is 5.32 Å². The smallest absolute Gasteiger partial charge is 0.412 e. The highest BCUT2D eigenvalue weighted by molar-refractivity contribution is 6.30.